The van der Waals surface area contributed by atoms with Crippen LogP contribution in [0.25, 0.3) is 10.9 Å². The summed E-state index contributed by atoms with van der Waals surface area (Å²) in [4.78, 5) is 19.2. The Morgan fingerprint density at radius 3 is 2.50 bits per heavy atom. The summed E-state index contributed by atoms with van der Waals surface area (Å²) >= 11 is 3.56. The Morgan fingerprint density at radius 1 is 1.03 bits per heavy atom. The van der Waals surface area contributed by atoms with Crippen LogP contribution >= 0.6 is 15.9 Å². The number of benzene rings is 3. The molecule has 4 aromatic rings. The van der Waals surface area contributed by atoms with Crippen molar-refractivity contribution in [3.63, 3.8) is 0 Å². The third-order valence-corrected chi connectivity index (χ3v) is 6.73. The summed E-state index contributed by atoms with van der Waals surface area (Å²) in [5, 5.41) is 1.18. The third kappa shape index (κ3) is 3.87. The zero-order valence-electron chi connectivity index (χ0n) is 17.9. The van der Waals surface area contributed by atoms with Gasteiger partial charge in [-0.2, -0.15) is 0 Å². The van der Waals surface area contributed by atoms with E-state index >= 15 is 0 Å². The van der Waals surface area contributed by atoms with E-state index in [0.717, 1.165) is 21.2 Å². The monoisotopic (exact) mass is 488 g/mol. The largest absolute Gasteiger partial charge is 0.465 e. The van der Waals surface area contributed by atoms with Gasteiger partial charge in [-0.1, -0.05) is 76.6 Å². The van der Waals surface area contributed by atoms with Crippen LogP contribution in [0.3, 0.4) is 0 Å². The highest BCUT2D eigenvalue weighted by Crippen LogP contribution is 2.42. The van der Waals surface area contributed by atoms with E-state index in [9.17, 15) is 4.79 Å². The average molecular weight is 489 g/mol. The van der Waals surface area contributed by atoms with Crippen molar-refractivity contribution in [2.24, 2.45) is 0 Å². The Morgan fingerprint density at radius 2 is 1.75 bits per heavy atom. The second kappa shape index (κ2) is 8.93. The molecule has 0 fully saturated rings. The van der Waals surface area contributed by atoms with Crippen LogP contribution in [0.5, 0.6) is 0 Å². The summed E-state index contributed by atoms with van der Waals surface area (Å²) in [6, 6.07) is 26.6. The minimum atomic E-state index is -0.365. The molecule has 4 nitrogen and oxygen atoms in total. The number of nitrogens with zero attached hydrogens (tertiary/aromatic N) is 1. The van der Waals surface area contributed by atoms with Crippen LogP contribution < -0.4 is 0 Å². The highest BCUT2D eigenvalue weighted by Gasteiger charge is 2.41. The second-order valence-electron chi connectivity index (χ2n) is 8.15. The number of rotatable bonds is 5. The van der Waals surface area contributed by atoms with Gasteiger partial charge in [0.15, 0.2) is 0 Å². The van der Waals surface area contributed by atoms with Gasteiger partial charge in [0.1, 0.15) is 6.04 Å². The summed E-state index contributed by atoms with van der Waals surface area (Å²) < 4.78 is 6.59. The molecule has 2 atom stereocenters. The number of ether oxygens (including phenoxy) is 1. The number of esters is 1. The Bertz CT molecular complexity index is 1230. The average Bonchev–Trinajstić information content (AvgIpc) is 3.18. The number of para-hydroxylation sites is 1. The molecule has 1 N–H and O–H groups in total. The summed E-state index contributed by atoms with van der Waals surface area (Å²) in [6.45, 7) is 2.89. The first-order valence-electron chi connectivity index (χ1n) is 11.0. The van der Waals surface area contributed by atoms with E-state index in [2.05, 4.69) is 80.4 Å². The van der Waals surface area contributed by atoms with Crippen molar-refractivity contribution < 1.29 is 9.53 Å². The number of halogens is 1. The molecule has 0 spiro atoms. The summed E-state index contributed by atoms with van der Waals surface area (Å²) in [5.41, 5.74) is 5.78. The number of aromatic nitrogens is 1. The predicted octanol–water partition coefficient (Wildman–Crippen LogP) is 6.01. The smallest absolute Gasteiger partial charge is 0.323 e. The van der Waals surface area contributed by atoms with Crippen LogP contribution in [0.1, 0.15) is 35.3 Å². The molecular weight excluding hydrogens is 464 g/mol. The first-order chi connectivity index (χ1) is 15.7. The molecule has 0 unspecified atom stereocenters. The minimum absolute atomic E-state index is 0.0890. The fourth-order valence-electron chi connectivity index (χ4n) is 4.79. The lowest BCUT2D eigenvalue weighted by Crippen LogP contribution is -2.48. The highest BCUT2D eigenvalue weighted by molar-refractivity contribution is 9.10. The Labute approximate surface area is 196 Å². The van der Waals surface area contributed by atoms with Crippen LogP contribution in [0.4, 0.5) is 0 Å². The summed E-state index contributed by atoms with van der Waals surface area (Å²) in [6.07, 6.45) is 0.623. The molecule has 3 aromatic carbocycles. The van der Waals surface area contributed by atoms with Crippen molar-refractivity contribution in [1.82, 2.24) is 9.88 Å². The normalized spacial score (nSPS) is 18.4. The van der Waals surface area contributed by atoms with E-state index in [1.165, 1.54) is 16.5 Å². The number of carbonyl (C=O) groups is 1. The van der Waals surface area contributed by atoms with Gasteiger partial charge in [0.2, 0.25) is 0 Å². The molecule has 0 saturated carbocycles. The van der Waals surface area contributed by atoms with Crippen LogP contribution in [-0.2, 0) is 22.5 Å². The van der Waals surface area contributed by atoms with Crippen LogP contribution in [0.2, 0.25) is 0 Å². The first-order valence-corrected chi connectivity index (χ1v) is 11.8. The zero-order valence-corrected chi connectivity index (χ0v) is 19.5. The number of hydrogen-bond donors (Lipinski definition) is 1. The lowest BCUT2D eigenvalue weighted by atomic mass is 9.87. The summed E-state index contributed by atoms with van der Waals surface area (Å²) in [5.74, 6) is -0.165. The summed E-state index contributed by atoms with van der Waals surface area (Å²) in [7, 11) is 0. The fraction of sp³-hybridized carbons (Fsp3) is 0.222. The molecule has 1 aliphatic rings. The van der Waals surface area contributed by atoms with Crippen LogP contribution in [0, 0.1) is 0 Å². The molecular formula is C27H25BrN2O2. The highest BCUT2D eigenvalue weighted by atomic mass is 79.9. The quantitative estimate of drug-likeness (QED) is 0.350. The van der Waals surface area contributed by atoms with Gasteiger partial charge >= 0.3 is 5.97 Å². The number of hydrogen-bond acceptors (Lipinski definition) is 3. The second-order valence-corrected chi connectivity index (χ2v) is 9.06. The number of carbonyl (C=O) groups excluding carboxylic acids is 1. The van der Waals surface area contributed by atoms with Crippen molar-refractivity contribution in [2.75, 3.05) is 6.61 Å². The molecule has 32 heavy (non-hydrogen) atoms. The van der Waals surface area contributed by atoms with Gasteiger partial charge in [-0.25, -0.2) is 0 Å². The van der Waals surface area contributed by atoms with Gasteiger partial charge in [0.05, 0.1) is 12.6 Å². The zero-order chi connectivity index (χ0) is 22.1. The van der Waals surface area contributed by atoms with Gasteiger partial charge in [-0.3, -0.25) is 9.69 Å². The van der Waals surface area contributed by atoms with Gasteiger partial charge < -0.3 is 9.72 Å². The van der Waals surface area contributed by atoms with Gasteiger partial charge in [-0.15, -0.1) is 0 Å². The molecule has 5 rings (SSSR count). The number of aromatic amines is 1. The van der Waals surface area contributed by atoms with E-state index in [1.807, 2.05) is 31.2 Å². The third-order valence-electron chi connectivity index (χ3n) is 6.20. The molecule has 1 aliphatic heterocycles. The van der Waals surface area contributed by atoms with E-state index in [0.29, 0.717) is 19.6 Å². The molecule has 0 radical (unpaired) electrons. The maximum Gasteiger partial charge on any atom is 0.323 e. The van der Waals surface area contributed by atoms with E-state index in [-0.39, 0.29) is 18.1 Å². The van der Waals surface area contributed by atoms with Crippen molar-refractivity contribution in [3.8, 4) is 0 Å². The molecule has 5 heteroatoms. The molecule has 162 valence electrons. The standard InChI is InChI=1S/C27H25BrN2O2/c1-2-32-27(31)24-16-22-21-10-6-7-11-23(21)29-25(22)26(19-12-14-20(28)15-13-19)30(24)17-18-8-4-3-5-9-18/h3-15,24,26,29H,2,16-17H2,1H3/t24-,26-/m0/s1. The Hall–Kier alpha value is -2.89. The van der Waals surface area contributed by atoms with E-state index in [1.54, 1.807) is 0 Å². The first kappa shape index (κ1) is 21.0. The van der Waals surface area contributed by atoms with Gasteiger partial charge in [0, 0.05) is 34.0 Å². The fourth-order valence-corrected chi connectivity index (χ4v) is 5.05. The lowest BCUT2D eigenvalue weighted by Gasteiger charge is -2.41. The van der Waals surface area contributed by atoms with Gasteiger partial charge in [-0.05, 0) is 41.8 Å². The van der Waals surface area contributed by atoms with Crippen LogP contribution in [-0.4, -0.2) is 28.5 Å². The number of fused-ring (bicyclic) bond motifs is 3. The van der Waals surface area contributed by atoms with Crippen molar-refractivity contribution in [1.29, 1.82) is 0 Å². The van der Waals surface area contributed by atoms with Gasteiger partial charge in [0.25, 0.3) is 0 Å². The Kier molecular flexibility index (Phi) is 5.85. The molecule has 0 aliphatic carbocycles. The maximum atomic E-state index is 13.2. The minimum Gasteiger partial charge on any atom is -0.465 e. The topological polar surface area (TPSA) is 45.3 Å². The molecule has 1 aromatic heterocycles. The van der Waals surface area contributed by atoms with E-state index < -0.39 is 0 Å². The molecule has 0 bridgehead atoms. The molecule has 2 heterocycles. The molecule has 0 amide bonds. The van der Waals surface area contributed by atoms with E-state index in [4.69, 9.17) is 4.74 Å². The van der Waals surface area contributed by atoms with Crippen molar-refractivity contribution >= 4 is 32.8 Å². The number of nitrogens with one attached hydrogen (secondary N) is 1. The maximum absolute atomic E-state index is 13.2. The number of H-pyrrole nitrogens is 1. The van der Waals surface area contributed by atoms with Crippen molar-refractivity contribution in [3.05, 3.63) is 106 Å². The van der Waals surface area contributed by atoms with Crippen LogP contribution in [0.15, 0.2) is 83.3 Å². The molecule has 0 saturated heterocycles. The van der Waals surface area contributed by atoms with Crippen molar-refractivity contribution in [2.45, 2.75) is 32.0 Å². The SMILES string of the molecule is CCOC(=O)[C@@H]1Cc2c([nH]c3ccccc23)[C@H](c2ccc(Br)cc2)N1Cc1ccccc1. The Balaban J connectivity index is 1.70. The predicted molar refractivity (Wildman–Crippen MR) is 130 cm³/mol. The lowest BCUT2D eigenvalue weighted by molar-refractivity contribution is -0.151.